The minimum Gasteiger partial charge on any atom is -0.343 e. The molecule has 1 fully saturated rings. The third-order valence-corrected chi connectivity index (χ3v) is 5.38. The minimum absolute atomic E-state index is 0.0437. The largest absolute Gasteiger partial charge is 0.343 e. The number of hydrogen-bond donors (Lipinski definition) is 0. The first-order valence-corrected chi connectivity index (χ1v) is 10.1. The average molecular weight is 370 g/mol. The van der Waals surface area contributed by atoms with Gasteiger partial charge in [0.05, 0.1) is 12.5 Å². The smallest absolute Gasteiger partial charge is 0.227 e. The first-order chi connectivity index (χ1) is 13.1. The molecule has 1 saturated carbocycles. The Bertz CT molecular complexity index is 631. The molecule has 5 nitrogen and oxygen atoms in total. The summed E-state index contributed by atoms with van der Waals surface area (Å²) in [6, 6.07) is 11.7. The molecule has 2 rings (SSSR count). The summed E-state index contributed by atoms with van der Waals surface area (Å²) >= 11 is 0. The Kier molecular flexibility index (Phi) is 8.83. The van der Waals surface area contributed by atoms with Crippen molar-refractivity contribution in [3.63, 3.8) is 0 Å². The highest BCUT2D eigenvalue weighted by Gasteiger charge is 2.22. The second kappa shape index (κ2) is 11.4. The summed E-state index contributed by atoms with van der Waals surface area (Å²) < 4.78 is 0. The van der Waals surface area contributed by atoms with Crippen molar-refractivity contribution >= 4 is 17.5 Å². The molecule has 1 aromatic carbocycles. The van der Waals surface area contributed by atoms with Crippen molar-refractivity contribution in [2.24, 2.45) is 0 Å². The molecule has 146 valence electrons. The first-order valence-electron chi connectivity index (χ1n) is 10.1. The molecule has 0 unspecified atom stereocenters. The molecule has 0 aromatic heterocycles. The summed E-state index contributed by atoms with van der Waals surface area (Å²) in [5.74, 6) is -0.0573. The van der Waals surface area contributed by atoms with Gasteiger partial charge in [-0.25, -0.2) is 0 Å². The molecule has 0 N–H and O–H groups in total. The Balaban J connectivity index is 1.91. The second-order valence-corrected chi connectivity index (χ2v) is 7.29. The van der Waals surface area contributed by atoms with E-state index in [-0.39, 0.29) is 31.1 Å². The molecular formula is C22H31N3O2. The van der Waals surface area contributed by atoms with Gasteiger partial charge in [0.15, 0.2) is 0 Å². The van der Waals surface area contributed by atoms with E-state index < -0.39 is 0 Å². The van der Waals surface area contributed by atoms with E-state index in [0.29, 0.717) is 12.6 Å². The number of carbonyl (C=O) groups excluding carboxylic acids is 2. The van der Waals surface area contributed by atoms with Gasteiger partial charge in [-0.2, -0.15) is 5.26 Å². The minimum atomic E-state index is -0.101. The highest BCUT2D eigenvalue weighted by Crippen LogP contribution is 2.22. The van der Waals surface area contributed by atoms with E-state index >= 15 is 0 Å². The summed E-state index contributed by atoms with van der Waals surface area (Å²) in [5, 5.41) is 8.87. The predicted octanol–water partition coefficient (Wildman–Crippen LogP) is 4.28. The molecule has 0 radical (unpaired) electrons. The molecule has 0 spiro atoms. The van der Waals surface area contributed by atoms with Gasteiger partial charge in [-0.05, 0) is 25.0 Å². The molecule has 0 saturated heterocycles. The Morgan fingerprint density at radius 2 is 1.59 bits per heavy atom. The van der Waals surface area contributed by atoms with Gasteiger partial charge < -0.3 is 9.80 Å². The SMILES string of the molecule is CN(C(=O)CCC(=O)N(CCC#N)c1ccccc1)C1CCCCCCC1. The Hall–Kier alpha value is -2.35. The van der Waals surface area contributed by atoms with Gasteiger partial charge in [-0.3, -0.25) is 9.59 Å². The van der Waals surface area contributed by atoms with E-state index in [9.17, 15) is 9.59 Å². The van der Waals surface area contributed by atoms with Crippen LogP contribution in [0.2, 0.25) is 0 Å². The Morgan fingerprint density at radius 3 is 2.22 bits per heavy atom. The number of nitrogens with zero attached hydrogens (tertiary/aromatic N) is 3. The van der Waals surface area contributed by atoms with E-state index in [1.165, 1.54) is 32.1 Å². The Labute approximate surface area is 162 Å². The van der Waals surface area contributed by atoms with Crippen molar-refractivity contribution in [2.45, 2.75) is 70.3 Å². The van der Waals surface area contributed by atoms with Gasteiger partial charge in [-0.15, -0.1) is 0 Å². The molecule has 0 atom stereocenters. The topological polar surface area (TPSA) is 64.4 Å². The van der Waals surface area contributed by atoms with Gasteiger partial charge in [-0.1, -0.05) is 50.3 Å². The van der Waals surface area contributed by atoms with E-state index in [2.05, 4.69) is 6.07 Å². The highest BCUT2D eigenvalue weighted by molar-refractivity contribution is 5.95. The van der Waals surface area contributed by atoms with Gasteiger partial charge >= 0.3 is 0 Å². The molecule has 0 heterocycles. The predicted molar refractivity (Wildman–Crippen MR) is 107 cm³/mol. The fourth-order valence-corrected chi connectivity index (χ4v) is 3.72. The number of carbonyl (C=O) groups is 2. The van der Waals surface area contributed by atoms with Crippen LogP contribution in [0.5, 0.6) is 0 Å². The number of amides is 2. The lowest BCUT2D eigenvalue weighted by Crippen LogP contribution is -2.38. The molecule has 1 aliphatic carbocycles. The van der Waals surface area contributed by atoms with E-state index in [0.717, 1.165) is 18.5 Å². The van der Waals surface area contributed by atoms with Crippen LogP contribution in [0.1, 0.15) is 64.2 Å². The zero-order valence-corrected chi connectivity index (χ0v) is 16.4. The molecular weight excluding hydrogens is 338 g/mol. The van der Waals surface area contributed by atoms with Crippen LogP contribution in [0.4, 0.5) is 5.69 Å². The summed E-state index contributed by atoms with van der Waals surface area (Å²) in [7, 11) is 1.88. The Morgan fingerprint density at radius 1 is 1.00 bits per heavy atom. The van der Waals surface area contributed by atoms with Crippen LogP contribution in [0.3, 0.4) is 0 Å². The van der Waals surface area contributed by atoms with Crippen LogP contribution in [0.15, 0.2) is 30.3 Å². The first kappa shape index (κ1) is 21.0. The molecule has 0 aliphatic heterocycles. The average Bonchev–Trinajstić information content (AvgIpc) is 2.66. The van der Waals surface area contributed by atoms with Crippen molar-refractivity contribution in [1.29, 1.82) is 5.26 Å². The highest BCUT2D eigenvalue weighted by atomic mass is 16.2. The molecule has 1 aliphatic rings. The third kappa shape index (κ3) is 6.71. The number of hydrogen-bond acceptors (Lipinski definition) is 3. The monoisotopic (exact) mass is 369 g/mol. The van der Waals surface area contributed by atoms with Crippen LogP contribution in [0, 0.1) is 11.3 Å². The maximum absolute atomic E-state index is 12.7. The number of anilines is 1. The molecule has 1 aromatic rings. The van der Waals surface area contributed by atoms with Crippen molar-refractivity contribution in [3.05, 3.63) is 30.3 Å². The maximum Gasteiger partial charge on any atom is 0.227 e. The van der Waals surface area contributed by atoms with Crippen molar-refractivity contribution in [3.8, 4) is 6.07 Å². The van der Waals surface area contributed by atoms with E-state index in [1.54, 1.807) is 4.90 Å². The van der Waals surface area contributed by atoms with Crippen molar-refractivity contribution in [1.82, 2.24) is 4.90 Å². The van der Waals surface area contributed by atoms with Gasteiger partial charge in [0.2, 0.25) is 11.8 Å². The van der Waals surface area contributed by atoms with Crippen LogP contribution in [-0.4, -0.2) is 36.3 Å². The summed E-state index contributed by atoms with van der Waals surface area (Å²) in [6.07, 6.45) is 8.96. The van der Waals surface area contributed by atoms with Crippen LogP contribution < -0.4 is 4.90 Å². The van der Waals surface area contributed by atoms with E-state index in [4.69, 9.17) is 5.26 Å². The van der Waals surface area contributed by atoms with Crippen LogP contribution in [0.25, 0.3) is 0 Å². The number of rotatable bonds is 7. The number of nitriles is 1. The normalized spacial score (nSPS) is 15.3. The molecule has 0 bridgehead atoms. The summed E-state index contributed by atoms with van der Waals surface area (Å²) in [6.45, 7) is 0.353. The summed E-state index contributed by atoms with van der Waals surface area (Å²) in [4.78, 5) is 28.8. The maximum atomic E-state index is 12.7. The number of benzene rings is 1. The van der Waals surface area contributed by atoms with Gasteiger partial charge in [0.25, 0.3) is 0 Å². The third-order valence-electron chi connectivity index (χ3n) is 5.38. The fraction of sp³-hybridized carbons (Fsp3) is 0.591. The van der Waals surface area contributed by atoms with Crippen LogP contribution >= 0.6 is 0 Å². The molecule has 27 heavy (non-hydrogen) atoms. The standard InChI is InChI=1S/C22H31N3O2/c1-24(19-11-6-3-2-4-7-12-19)21(26)15-16-22(27)25(18-10-17-23)20-13-8-5-9-14-20/h5,8-9,13-14,19H,2-4,6-7,10-12,15-16,18H2,1H3. The summed E-state index contributed by atoms with van der Waals surface area (Å²) in [5.41, 5.74) is 0.776. The van der Waals surface area contributed by atoms with Crippen LogP contribution in [-0.2, 0) is 9.59 Å². The fourth-order valence-electron chi connectivity index (χ4n) is 3.72. The zero-order valence-electron chi connectivity index (χ0n) is 16.4. The van der Waals surface area contributed by atoms with Gasteiger partial charge in [0, 0.05) is 38.2 Å². The lowest BCUT2D eigenvalue weighted by molar-refractivity contribution is -0.134. The van der Waals surface area contributed by atoms with E-state index in [1.807, 2.05) is 42.3 Å². The molecule has 5 heteroatoms. The lowest BCUT2D eigenvalue weighted by atomic mass is 9.95. The molecule has 2 amide bonds. The lowest BCUT2D eigenvalue weighted by Gasteiger charge is -2.30. The second-order valence-electron chi connectivity index (χ2n) is 7.29. The van der Waals surface area contributed by atoms with Crippen molar-refractivity contribution in [2.75, 3.05) is 18.5 Å². The number of para-hydroxylation sites is 1. The zero-order chi connectivity index (χ0) is 19.5. The quantitative estimate of drug-likeness (QED) is 0.720. The van der Waals surface area contributed by atoms with Gasteiger partial charge in [0.1, 0.15) is 0 Å². The van der Waals surface area contributed by atoms with Crippen molar-refractivity contribution < 1.29 is 9.59 Å².